The molecule has 12 heavy (non-hydrogen) atoms. The highest BCUT2D eigenvalue weighted by Gasteiger charge is 2.07. The van der Waals surface area contributed by atoms with Gasteiger partial charge in [-0.05, 0) is 28.1 Å². The van der Waals surface area contributed by atoms with E-state index in [2.05, 4.69) is 30.6 Å². The second-order valence-electron chi connectivity index (χ2n) is 2.05. The Hall–Kier alpha value is -1.30. The Morgan fingerprint density at radius 3 is 2.83 bits per heavy atom. The molecule has 0 saturated carbocycles. The van der Waals surface area contributed by atoms with Crippen molar-refractivity contribution >= 4 is 15.9 Å². The summed E-state index contributed by atoms with van der Waals surface area (Å²) in [4.78, 5) is 12.9. The lowest BCUT2D eigenvalue weighted by molar-refractivity contribution is 0.386. The highest BCUT2D eigenvalue weighted by Crippen LogP contribution is 2.20. The third-order valence-electron chi connectivity index (χ3n) is 1.25. The van der Waals surface area contributed by atoms with E-state index < -0.39 is 5.76 Å². The van der Waals surface area contributed by atoms with Crippen LogP contribution < -0.4 is 5.76 Å². The predicted octanol–water partition coefficient (Wildman–Crippen LogP) is 1.39. The van der Waals surface area contributed by atoms with E-state index in [0.717, 1.165) is 0 Å². The van der Waals surface area contributed by atoms with Gasteiger partial charge < -0.3 is 4.42 Å². The first kappa shape index (κ1) is 7.35. The molecule has 0 unspecified atom stereocenters. The van der Waals surface area contributed by atoms with Crippen LogP contribution in [0.5, 0.6) is 0 Å². The average Bonchev–Trinajstić information content (AvgIpc) is 2.58. The third-order valence-corrected chi connectivity index (χ3v) is 1.67. The molecule has 62 valence electrons. The molecule has 0 aliphatic rings. The Bertz CT molecular complexity index is 441. The van der Waals surface area contributed by atoms with Gasteiger partial charge in [-0.2, -0.15) is 0 Å². The monoisotopic (exact) mass is 230 g/mol. The van der Waals surface area contributed by atoms with Gasteiger partial charge in [0.25, 0.3) is 0 Å². The van der Waals surface area contributed by atoms with Crippen LogP contribution in [0.4, 0.5) is 0 Å². The summed E-state index contributed by atoms with van der Waals surface area (Å²) < 4.78 is 9.97. The van der Waals surface area contributed by atoms with Gasteiger partial charge >= 0.3 is 5.76 Å². The molecule has 0 fully saturated rings. The van der Waals surface area contributed by atoms with E-state index in [-0.39, 0.29) is 5.82 Å². The van der Waals surface area contributed by atoms with Crippen molar-refractivity contribution in [2.24, 2.45) is 0 Å². The van der Waals surface area contributed by atoms with Gasteiger partial charge in [-0.25, -0.2) is 4.79 Å². The Labute approximate surface area is 74.5 Å². The molecular formula is C6H3BrN2O3. The highest BCUT2D eigenvalue weighted by atomic mass is 79.9. The zero-order valence-corrected chi connectivity index (χ0v) is 7.29. The zero-order chi connectivity index (χ0) is 8.55. The molecule has 0 amide bonds. The Balaban J connectivity index is 2.50. The fourth-order valence-corrected chi connectivity index (χ4v) is 1.08. The molecule has 5 nitrogen and oxygen atoms in total. The van der Waals surface area contributed by atoms with Gasteiger partial charge in [0.15, 0.2) is 10.4 Å². The number of hydrogen-bond donors (Lipinski definition) is 1. The first-order chi connectivity index (χ1) is 5.75. The fraction of sp³-hybridized carbons (Fsp3) is 0. The summed E-state index contributed by atoms with van der Waals surface area (Å²) in [5, 5.41) is 3.44. The number of halogens is 1. The number of rotatable bonds is 1. The summed E-state index contributed by atoms with van der Waals surface area (Å²) in [6.07, 6.45) is 0. The minimum atomic E-state index is -0.600. The van der Waals surface area contributed by atoms with Gasteiger partial charge in [-0.1, -0.05) is 5.16 Å². The molecule has 2 heterocycles. The van der Waals surface area contributed by atoms with Crippen LogP contribution in [0.3, 0.4) is 0 Å². The van der Waals surface area contributed by atoms with Gasteiger partial charge in [0.1, 0.15) is 0 Å². The van der Waals surface area contributed by atoms with E-state index in [9.17, 15) is 4.79 Å². The van der Waals surface area contributed by atoms with Crippen molar-refractivity contribution in [2.45, 2.75) is 0 Å². The lowest BCUT2D eigenvalue weighted by atomic mass is 10.4. The fourth-order valence-electron chi connectivity index (χ4n) is 0.778. The molecule has 2 aromatic heterocycles. The van der Waals surface area contributed by atoms with Gasteiger partial charge in [0.05, 0.1) is 0 Å². The van der Waals surface area contributed by atoms with E-state index in [1.807, 2.05) is 0 Å². The first-order valence-corrected chi connectivity index (χ1v) is 3.87. The third kappa shape index (κ3) is 1.20. The Kier molecular flexibility index (Phi) is 1.61. The number of nitrogens with zero attached hydrogens (tertiary/aromatic N) is 1. The van der Waals surface area contributed by atoms with Crippen LogP contribution in [0.25, 0.3) is 11.6 Å². The molecular weight excluding hydrogens is 228 g/mol. The number of nitrogens with one attached hydrogen (secondary N) is 1. The smallest absolute Gasteiger partial charge is 0.439 e. The quantitative estimate of drug-likeness (QED) is 0.804. The van der Waals surface area contributed by atoms with Crippen molar-refractivity contribution in [2.75, 3.05) is 0 Å². The molecule has 0 bridgehead atoms. The first-order valence-electron chi connectivity index (χ1n) is 3.07. The maximum atomic E-state index is 10.5. The van der Waals surface area contributed by atoms with Crippen molar-refractivity contribution in [3.8, 4) is 11.6 Å². The molecule has 0 saturated heterocycles. The lowest BCUT2D eigenvalue weighted by Gasteiger charge is -1.83. The predicted molar refractivity (Wildman–Crippen MR) is 42.5 cm³/mol. The summed E-state index contributed by atoms with van der Waals surface area (Å²) in [5.41, 5.74) is 0. The summed E-state index contributed by atoms with van der Waals surface area (Å²) in [6, 6.07) is 3.36. The molecule has 0 aliphatic carbocycles. The van der Waals surface area contributed by atoms with Gasteiger partial charge in [-0.3, -0.25) is 9.51 Å². The maximum Gasteiger partial charge on any atom is 0.439 e. The van der Waals surface area contributed by atoms with Crippen molar-refractivity contribution < 1.29 is 8.94 Å². The largest absolute Gasteiger partial charge is 0.446 e. The highest BCUT2D eigenvalue weighted by molar-refractivity contribution is 9.10. The molecule has 6 heteroatoms. The van der Waals surface area contributed by atoms with Crippen molar-refractivity contribution in [1.29, 1.82) is 0 Å². The van der Waals surface area contributed by atoms with Crippen LogP contribution in [-0.4, -0.2) is 10.1 Å². The van der Waals surface area contributed by atoms with E-state index in [0.29, 0.717) is 10.4 Å². The summed E-state index contributed by atoms with van der Waals surface area (Å²) in [5.74, 6) is 0.135. The normalized spacial score (nSPS) is 10.4. The van der Waals surface area contributed by atoms with Gasteiger partial charge in [0, 0.05) is 0 Å². The molecule has 0 atom stereocenters. The second-order valence-corrected chi connectivity index (χ2v) is 2.83. The minimum absolute atomic E-state index is 0.283. The number of furan rings is 1. The van der Waals surface area contributed by atoms with E-state index in [1.165, 1.54) is 0 Å². The topological polar surface area (TPSA) is 72.0 Å². The number of H-pyrrole nitrogens is 1. The molecule has 1 N–H and O–H groups in total. The molecule has 0 aromatic carbocycles. The lowest BCUT2D eigenvalue weighted by Crippen LogP contribution is -1.94. The van der Waals surface area contributed by atoms with Crippen LogP contribution in [0.15, 0.2) is 30.5 Å². The summed E-state index contributed by atoms with van der Waals surface area (Å²) >= 11 is 3.12. The summed E-state index contributed by atoms with van der Waals surface area (Å²) in [6.45, 7) is 0. The molecule has 2 rings (SSSR count). The van der Waals surface area contributed by atoms with E-state index >= 15 is 0 Å². The number of aromatic nitrogens is 2. The van der Waals surface area contributed by atoms with Crippen LogP contribution in [0.1, 0.15) is 0 Å². The van der Waals surface area contributed by atoms with Crippen LogP contribution in [0.2, 0.25) is 0 Å². The summed E-state index contributed by atoms with van der Waals surface area (Å²) in [7, 11) is 0. The van der Waals surface area contributed by atoms with Crippen molar-refractivity contribution in [3.63, 3.8) is 0 Å². The maximum absolute atomic E-state index is 10.5. The van der Waals surface area contributed by atoms with Crippen molar-refractivity contribution in [1.82, 2.24) is 10.1 Å². The SMILES string of the molecule is O=c1[nH]c(-c2ccc(Br)o2)no1. The zero-order valence-electron chi connectivity index (χ0n) is 5.70. The Morgan fingerprint density at radius 2 is 2.33 bits per heavy atom. The van der Waals surface area contributed by atoms with Gasteiger partial charge in [0.2, 0.25) is 5.82 Å². The standard InChI is InChI=1S/C6H3BrN2O3/c7-4-2-1-3(11-4)5-8-6(10)12-9-5/h1-2H,(H,8,9,10). The van der Waals surface area contributed by atoms with Crippen LogP contribution in [-0.2, 0) is 0 Å². The molecule has 2 aromatic rings. The van der Waals surface area contributed by atoms with Crippen molar-refractivity contribution in [3.05, 3.63) is 27.4 Å². The number of hydrogen-bond acceptors (Lipinski definition) is 4. The number of aromatic amines is 1. The van der Waals surface area contributed by atoms with Gasteiger partial charge in [-0.15, -0.1) is 0 Å². The van der Waals surface area contributed by atoms with E-state index in [4.69, 9.17) is 4.42 Å². The molecule has 0 aliphatic heterocycles. The average molecular weight is 231 g/mol. The molecule has 0 radical (unpaired) electrons. The second kappa shape index (κ2) is 2.63. The Morgan fingerprint density at radius 1 is 1.50 bits per heavy atom. The van der Waals surface area contributed by atoms with Crippen LogP contribution in [0, 0.1) is 0 Å². The minimum Gasteiger partial charge on any atom is -0.446 e. The van der Waals surface area contributed by atoms with E-state index in [1.54, 1.807) is 12.1 Å². The van der Waals surface area contributed by atoms with Crippen LogP contribution >= 0.6 is 15.9 Å². The molecule has 0 spiro atoms.